The lowest BCUT2D eigenvalue weighted by atomic mass is 9.92. The maximum atomic E-state index is 13.3. The van der Waals surface area contributed by atoms with Crippen LogP contribution in [0.15, 0.2) is 53.4 Å². The number of sulfonamides is 1. The Kier molecular flexibility index (Phi) is 4.33. The minimum absolute atomic E-state index is 0.241. The first-order valence-electron chi connectivity index (χ1n) is 10.2. The number of fused-ring (bicyclic) bond motifs is 2. The van der Waals surface area contributed by atoms with E-state index in [4.69, 9.17) is 0 Å². The van der Waals surface area contributed by atoms with Crippen LogP contribution in [-0.4, -0.2) is 30.4 Å². The van der Waals surface area contributed by atoms with Gasteiger partial charge < -0.3 is 4.57 Å². The quantitative estimate of drug-likeness (QED) is 0.667. The summed E-state index contributed by atoms with van der Waals surface area (Å²) in [6.45, 7) is 1.15. The number of rotatable bonds is 3. The summed E-state index contributed by atoms with van der Waals surface area (Å²) in [7, 11) is -1.35. The van der Waals surface area contributed by atoms with E-state index in [-0.39, 0.29) is 5.92 Å². The van der Waals surface area contributed by atoms with Crippen LogP contribution in [0.25, 0.3) is 10.9 Å². The highest BCUT2D eigenvalue weighted by Gasteiger charge is 2.34. The number of hydrogen-bond acceptors (Lipinski definition) is 2. The van der Waals surface area contributed by atoms with Gasteiger partial charge in [0.05, 0.1) is 4.90 Å². The largest absolute Gasteiger partial charge is 0.347 e. The van der Waals surface area contributed by atoms with Gasteiger partial charge in [-0.3, -0.25) is 0 Å². The lowest BCUT2D eigenvalue weighted by Crippen LogP contribution is -2.29. The van der Waals surface area contributed by atoms with Crippen molar-refractivity contribution >= 4 is 20.9 Å². The van der Waals surface area contributed by atoms with Crippen LogP contribution in [0.2, 0.25) is 0 Å². The smallest absolute Gasteiger partial charge is 0.243 e. The first kappa shape index (κ1) is 18.0. The number of aryl methyl sites for hydroxylation is 3. The van der Waals surface area contributed by atoms with E-state index in [0.29, 0.717) is 18.0 Å². The van der Waals surface area contributed by atoms with Crippen molar-refractivity contribution in [3.63, 3.8) is 0 Å². The van der Waals surface area contributed by atoms with Crippen LogP contribution < -0.4 is 0 Å². The molecular weight excluding hydrogens is 368 g/mol. The molecule has 3 aromatic rings. The Balaban J connectivity index is 1.42. The summed E-state index contributed by atoms with van der Waals surface area (Å²) in [6.07, 6.45) is 5.30. The number of para-hydroxylation sites is 1. The fourth-order valence-corrected chi connectivity index (χ4v) is 6.46. The molecule has 146 valence electrons. The Morgan fingerprint density at radius 1 is 0.964 bits per heavy atom. The molecular formula is C23H26N2O2S. The minimum Gasteiger partial charge on any atom is -0.347 e. The van der Waals surface area contributed by atoms with Gasteiger partial charge in [0.25, 0.3) is 0 Å². The van der Waals surface area contributed by atoms with Crippen LogP contribution >= 0.6 is 0 Å². The van der Waals surface area contributed by atoms with Crippen molar-refractivity contribution in [1.29, 1.82) is 0 Å². The van der Waals surface area contributed by atoms with Crippen LogP contribution in [0, 0.1) is 0 Å². The number of benzene rings is 2. The monoisotopic (exact) mass is 394 g/mol. The molecule has 0 amide bonds. The zero-order valence-corrected chi connectivity index (χ0v) is 17.1. The van der Waals surface area contributed by atoms with E-state index in [2.05, 4.69) is 29.8 Å². The van der Waals surface area contributed by atoms with Gasteiger partial charge in [0.15, 0.2) is 0 Å². The number of hydrogen-bond donors (Lipinski definition) is 0. The second-order valence-corrected chi connectivity index (χ2v) is 10.1. The molecule has 0 bridgehead atoms. The number of nitrogens with zero attached hydrogens (tertiary/aromatic N) is 2. The van der Waals surface area contributed by atoms with Crippen molar-refractivity contribution in [2.75, 3.05) is 13.1 Å². The maximum Gasteiger partial charge on any atom is 0.243 e. The van der Waals surface area contributed by atoms with E-state index >= 15 is 0 Å². The van der Waals surface area contributed by atoms with Crippen molar-refractivity contribution in [1.82, 2.24) is 8.87 Å². The van der Waals surface area contributed by atoms with Gasteiger partial charge in [-0.1, -0.05) is 24.3 Å². The van der Waals surface area contributed by atoms with Gasteiger partial charge in [-0.25, -0.2) is 8.42 Å². The first-order valence-corrected chi connectivity index (χ1v) is 11.6. The molecule has 2 heterocycles. The van der Waals surface area contributed by atoms with E-state index in [0.717, 1.165) is 25.7 Å². The zero-order valence-electron chi connectivity index (χ0n) is 16.3. The molecule has 1 aliphatic heterocycles. The molecule has 1 saturated heterocycles. The Morgan fingerprint density at radius 3 is 2.57 bits per heavy atom. The molecule has 1 aromatic heterocycles. The summed E-state index contributed by atoms with van der Waals surface area (Å²) in [5, 5.41) is 1.22. The van der Waals surface area contributed by atoms with Crippen molar-refractivity contribution in [2.24, 2.45) is 7.05 Å². The van der Waals surface area contributed by atoms with Gasteiger partial charge >= 0.3 is 0 Å². The molecule has 0 spiro atoms. The third kappa shape index (κ3) is 2.88. The molecule has 4 nitrogen and oxygen atoms in total. The van der Waals surface area contributed by atoms with E-state index in [1.807, 2.05) is 30.3 Å². The standard InChI is InChI=1S/C23H26N2O2S/c1-24-22-9-5-4-8-19(22)15-23(24)20-12-13-25(16-20)28(26,27)21-11-10-17-6-2-3-7-18(17)14-21/h4-5,8-11,14-15,20H,2-3,6-7,12-13,16H2,1H3. The SMILES string of the molecule is Cn1c(C2CCN(S(=O)(=O)c3ccc4c(c3)CCCC4)C2)cc2ccccc21. The fraction of sp³-hybridized carbons (Fsp3) is 0.391. The summed E-state index contributed by atoms with van der Waals surface area (Å²) in [5.41, 5.74) is 4.97. The molecule has 0 radical (unpaired) electrons. The molecule has 1 atom stereocenters. The average Bonchev–Trinajstić information content (AvgIpc) is 3.33. The zero-order chi connectivity index (χ0) is 19.3. The molecule has 28 heavy (non-hydrogen) atoms. The molecule has 0 saturated carbocycles. The minimum atomic E-state index is -3.43. The summed E-state index contributed by atoms with van der Waals surface area (Å²) in [6, 6.07) is 16.3. The van der Waals surface area contributed by atoms with Crippen molar-refractivity contribution < 1.29 is 8.42 Å². The van der Waals surface area contributed by atoms with Crippen molar-refractivity contribution in [3.05, 3.63) is 65.4 Å². The second kappa shape index (κ2) is 6.75. The van der Waals surface area contributed by atoms with E-state index in [1.54, 1.807) is 4.31 Å². The molecule has 5 heteroatoms. The fourth-order valence-electron chi connectivity index (χ4n) is 4.91. The Hall–Kier alpha value is -2.11. The van der Waals surface area contributed by atoms with Crippen LogP contribution in [0.3, 0.4) is 0 Å². The third-order valence-electron chi connectivity index (χ3n) is 6.52. The van der Waals surface area contributed by atoms with E-state index in [1.165, 1.54) is 34.1 Å². The van der Waals surface area contributed by atoms with Gasteiger partial charge in [0.1, 0.15) is 0 Å². The Bertz CT molecular complexity index is 1150. The topological polar surface area (TPSA) is 42.3 Å². The van der Waals surface area contributed by atoms with Gasteiger partial charge in [-0.15, -0.1) is 0 Å². The summed E-state index contributed by atoms with van der Waals surface area (Å²) in [4.78, 5) is 0.464. The molecule has 1 unspecified atom stereocenters. The van der Waals surface area contributed by atoms with Crippen LogP contribution in [0.4, 0.5) is 0 Å². The highest BCUT2D eigenvalue weighted by molar-refractivity contribution is 7.89. The first-order chi connectivity index (χ1) is 13.5. The lowest BCUT2D eigenvalue weighted by molar-refractivity contribution is 0.471. The van der Waals surface area contributed by atoms with Crippen molar-refractivity contribution in [2.45, 2.75) is 42.9 Å². The molecule has 1 aliphatic carbocycles. The highest BCUT2D eigenvalue weighted by atomic mass is 32.2. The maximum absolute atomic E-state index is 13.3. The van der Waals surface area contributed by atoms with Crippen LogP contribution in [0.1, 0.15) is 42.0 Å². The van der Waals surface area contributed by atoms with Crippen LogP contribution in [0.5, 0.6) is 0 Å². The molecule has 5 rings (SSSR count). The second-order valence-electron chi connectivity index (χ2n) is 8.17. The van der Waals surface area contributed by atoms with E-state index < -0.39 is 10.0 Å². The van der Waals surface area contributed by atoms with Gasteiger partial charge in [-0.05, 0) is 72.9 Å². The molecule has 2 aromatic carbocycles. The lowest BCUT2D eigenvalue weighted by Gasteiger charge is -2.20. The molecule has 2 aliphatic rings. The van der Waals surface area contributed by atoms with Crippen LogP contribution in [-0.2, 0) is 29.9 Å². The van der Waals surface area contributed by atoms with Crippen molar-refractivity contribution in [3.8, 4) is 0 Å². The predicted molar refractivity (Wildman–Crippen MR) is 112 cm³/mol. The van der Waals surface area contributed by atoms with Gasteiger partial charge in [0.2, 0.25) is 10.0 Å². The summed E-state index contributed by atoms with van der Waals surface area (Å²) >= 11 is 0. The van der Waals surface area contributed by atoms with E-state index in [9.17, 15) is 8.42 Å². The normalized spacial score (nSPS) is 20.5. The number of aromatic nitrogens is 1. The predicted octanol–water partition coefficient (Wildman–Crippen LogP) is 4.24. The Morgan fingerprint density at radius 2 is 1.75 bits per heavy atom. The van der Waals surface area contributed by atoms with Gasteiger partial charge in [0, 0.05) is 37.3 Å². The van der Waals surface area contributed by atoms with Gasteiger partial charge in [-0.2, -0.15) is 4.31 Å². The third-order valence-corrected chi connectivity index (χ3v) is 8.38. The Labute approximate surface area is 166 Å². The molecule has 1 fully saturated rings. The molecule has 0 N–H and O–H groups in total. The summed E-state index contributed by atoms with van der Waals surface area (Å²) < 4.78 is 30.4. The summed E-state index contributed by atoms with van der Waals surface area (Å²) in [5.74, 6) is 0.241. The highest BCUT2D eigenvalue weighted by Crippen LogP contribution is 2.34. The average molecular weight is 395 g/mol.